The van der Waals surface area contributed by atoms with E-state index in [-0.39, 0.29) is 5.63 Å². The fourth-order valence-electron chi connectivity index (χ4n) is 1.06. The molecular weight excluding hydrogens is 300 g/mol. The lowest BCUT2D eigenvalue weighted by Crippen LogP contribution is -1.98. The fraction of sp³-hybridized carbons (Fsp3) is 0. The number of halogens is 2. The lowest BCUT2D eigenvalue weighted by atomic mass is 10.2. The molecule has 0 saturated carbocycles. The fourth-order valence-corrected chi connectivity index (χ4v) is 1.73. The van der Waals surface area contributed by atoms with Crippen molar-refractivity contribution in [3.8, 4) is 0 Å². The highest BCUT2D eigenvalue weighted by Crippen LogP contribution is 2.20. The Morgan fingerprint density at radius 2 is 1.92 bits per heavy atom. The third kappa shape index (κ3) is 1.69. The van der Waals surface area contributed by atoms with E-state index in [1.54, 1.807) is 12.1 Å². The smallest absolute Gasteiger partial charge is 0.350 e. The van der Waals surface area contributed by atoms with Gasteiger partial charge in [-0.05, 0) is 34.1 Å². The summed E-state index contributed by atoms with van der Waals surface area (Å²) in [5, 5.41) is 0.898. The van der Waals surface area contributed by atoms with Crippen LogP contribution in [0.3, 0.4) is 0 Å². The third-order valence-electron chi connectivity index (χ3n) is 1.66. The molecule has 0 N–H and O–H groups in total. The van der Waals surface area contributed by atoms with Crippen LogP contribution in [0.15, 0.2) is 42.4 Å². The van der Waals surface area contributed by atoms with Gasteiger partial charge in [0.2, 0.25) is 0 Å². The molecule has 2 nitrogen and oxygen atoms in total. The van der Waals surface area contributed by atoms with Crippen LogP contribution in [0.4, 0.5) is 0 Å². The highest BCUT2D eigenvalue weighted by Gasteiger charge is 2.01. The summed E-state index contributed by atoms with van der Waals surface area (Å²) in [6, 6.07) is 7.29. The summed E-state index contributed by atoms with van der Waals surface area (Å²) in [7, 11) is 0. The molecule has 0 atom stereocenters. The lowest BCUT2D eigenvalue weighted by Gasteiger charge is -1.96. The molecule has 2 aromatic rings. The number of benzene rings is 1. The van der Waals surface area contributed by atoms with Crippen molar-refractivity contribution in [1.29, 1.82) is 0 Å². The zero-order valence-corrected chi connectivity index (χ0v) is 9.55. The first kappa shape index (κ1) is 8.97. The summed E-state index contributed by atoms with van der Waals surface area (Å²) in [5.74, 6) is 0. The molecule has 0 unspecified atom stereocenters. The minimum Gasteiger partial charge on any atom is -0.422 e. The molecule has 0 aliphatic rings. The third-order valence-corrected chi connectivity index (χ3v) is 2.70. The van der Waals surface area contributed by atoms with Crippen molar-refractivity contribution < 1.29 is 4.42 Å². The molecule has 13 heavy (non-hydrogen) atoms. The molecule has 66 valence electrons. The Hall–Kier alpha value is -0.610. The van der Waals surface area contributed by atoms with E-state index in [4.69, 9.17) is 4.42 Å². The summed E-state index contributed by atoms with van der Waals surface area (Å²) in [4.78, 5) is 11.1. The average Bonchev–Trinajstić information content (AvgIpc) is 2.08. The normalized spacial score (nSPS) is 10.6. The van der Waals surface area contributed by atoms with E-state index in [0.717, 1.165) is 9.86 Å². The van der Waals surface area contributed by atoms with Crippen molar-refractivity contribution in [3.05, 3.63) is 43.6 Å². The molecule has 0 fully saturated rings. The molecule has 0 spiro atoms. The number of fused-ring (bicyclic) bond motifs is 1. The maximum atomic E-state index is 11.1. The van der Waals surface area contributed by atoms with Crippen LogP contribution in [0, 0.1) is 0 Å². The van der Waals surface area contributed by atoms with E-state index >= 15 is 0 Å². The Morgan fingerprint density at radius 1 is 1.15 bits per heavy atom. The summed E-state index contributed by atoms with van der Waals surface area (Å²) < 4.78 is 6.38. The van der Waals surface area contributed by atoms with Gasteiger partial charge in [-0.25, -0.2) is 4.79 Å². The van der Waals surface area contributed by atoms with Gasteiger partial charge >= 0.3 is 5.63 Å². The van der Waals surface area contributed by atoms with E-state index in [1.165, 1.54) is 0 Å². The quantitative estimate of drug-likeness (QED) is 0.699. The van der Waals surface area contributed by atoms with Crippen molar-refractivity contribution in [2.75, 3.05) is 0 Å². The van der Waals surface area contributed by atoms with Crippen LogP contribution in [0.1, 0.15) is 0 Å². The molecule has 2 rings (SSSR count). The van der Waals surface area contributed by atoms with Crippen LogP contribution < -0.4 is 5.63 Å². The summed E-state index contributed by atoms with van der Waals surface area (Å²) in [6.45, 7) is 0. The van der Waals surface area contributed by atoms with Crippen LogP contribution in [0.2, 0.25) is 0 Å². The second-order valence-corrected chi connectivity index (χ2v) is 4.33. The lowest BCUT2D eigenvalue weighted by molar-refractivity contribution is 0.556. The second kappa shape index (κ2) is 3.27. The van der Waals surface area contributed by atoms with Crippen molar-refractivity contribution in [2.45, 2.75) is 0 Å². The van der Waals surface area contributed by atoms with Crippen LogP contribution >= 0.6 is 31.9 Å². The first-order valence-corrected chi connectivity index (χ1v) is 5.14. The van der Waals surface area contributed by atoms with Gasteiger partial charge in [0.25, 0.3) is 0 Å². The molecule has 0 aliphatic carbocycles. The Kier molecular flexibility index (Phi) is 2.26. The molecule has 1 aromatic carbocycles. The summed E-state index contributed by atoms with van der Waals surface area (Å²) in [6.07, 6.45) is 0. The molecule has 0 bridgehead atoms. The van der Waals surface area contributed by atoms with Gasteiger partial charge in [0.1, 0.15) is 10.1 Å². The van der Waals surface area contributed by atoms with Crippen LogP contribution in [0.5, 0.6) is 0 Å². The van der Waals surface area contributed by atoms with Crippen LogP contribution in [-0.2, 0) is 0 Å². The highest BCUT2D eigenvalue weighted by atomic mass is 79.9. The molecule has 1 aromatic heterocycles. The molecule has 0 radical (unpaired) electrons. The van der Waals surface area contributed by atoms with Gasteiger partial charge < -0.3 is 4.42 Å². The first-order chi connectivity index (χ1) is 6.16. The molecule has 0 amide bonds. The van der Waals surface area contributed by atoms with Crippen molar-refractivity contribution in [1.82, 2.24) is 0 Å². The van der Waals surface area contributed by atoms with Gasteiger partial charge in [-0.3, -0.25) is 0 Å². The van der Waals surface area contributed by atoms with Gasteiger partial charge in [0, 0.05) is 9.86 Å². The monoisotopic (exact) mass is 302 g/mol. The predicted octanol–water partition coefficient (Wildman–Crippen LogP) is 3.32. The molecule has 0 saturated heterocycles. The van der Waals surface area contributed by atoms with Gasteiger partial charge in [-0.2, -0.15) is 0 Å². The van der Waals surface area contributed by atoms with Gasteiger partial charge in [-0.15, -0.1) is 0 Å². The van der Waals surface area contributed by atoms with Gasteiger partial charge in [-0.1, -0.05) is 22.0 Å². The average molecular weight is 304 g/mol. The minimum atomic E-state index is -0.356. The Morgan fingerprint density at radius 3 is 2.69 bits per heavy atom. The summed E-state index contributed by atoms with van der Waals surface area (Å²) >= 11 is 6.42. The first-order valence-electron chi connectivity index (χ1n) is 3.56. The van der Waals surface area contributed by atoms with E-state index in [2.05, 4.69) is 31.9 Å². The van der Waals surface area contributed by atoms with Crippen molar-refractivity contribution in [3.63, 3.8) is 0 Å². The van der Waals surface area contributed by atoms with Crippen LogP contribution in [-0.4, -0.2) is 0 Å². The van der Waals surface area contributed by atoms with E-state index in [9.17, 15) is 4.79 Å². The minimum absolute atomic E-state index is 0.356. The van der Waals surface area contributed by atoms with Crippen LogP contribution in [0.25, 0.3) is 11.0 Å². The van der Waals surface area contributed by atoms with Crippen molar-refractivity contribution in [2.24, 2.45) is 0 Å². The van der Waals surface area contributed by atoms with E-state index in [0.29, 0.717) is 10.1 Å². The maximum absolute atomic E-state index is 11.1. The number of rotatable bonds is 0. The van der Waals surface area contributed by atoms with E-state index < -0.39 is 0 Å². The van der Waals surface area contributed by atoms with E-state index in [1.807, 2.05) is 12.1 Å². The highest BCUT2D eigenvalue weighted by molar-refractivity contribution is 9.10. The topological polar surface area (TPSA) is 30.2 Å². The molecule has 4 heteroatoms. The zero-order valence-electron chi connectivity index (χ0n) is 6.38. The van der Waals surface area contributed by atoms with Gasteiger partial charge in [0.05, 0.1) is 0 Å². The molecule has 0 aliphatic heterocycles. The molecular formula is C9H4Br2O2. The Bertz CT molecular complexity index is 516. The Labute approximate surface area is 90.8 Å². The maximum Gasteiger partial charge on any atom is 0.350 e. The Balaban J connectivity index is 2.89. The standard InChI is InChI=1S/C9H4Br2O2/c10-6-2-1-5-3-7(11)9(12)13-8(5)4-6/h1-4H. The predicted molar refractivity (Wildman–Crippen MR) is 57.9 cm³/mol. The van der Waals surface area contributed by atoms with Gasteiger partial charge in [0.15, 0.2) is 0 Å². The number of hydrogen-bond acceptors (Lipinski definition) is 2. The second-order valence-electron chi connectivity index (χ2n) is 2.56. The number of hydrogen-bond donors (Lipinski definition) is 0. The van der Waals surface area contributed by atoms with Crippen molar-refractivity contribution >= 4 is 42.8 Å². The largest absolute Gasteiger partial charge is 0.422 e. The summed E-state index contributed by atoms with van der Waals surface area (Å²) in [5.41, 5.74) is 0.230. The molecule has 1 heterocycles. The SMILES string of the molecule is O=c1oc2cc(Br)ccc2cc1Br. The zero-order chi connectivity index (χ0) is 9.42.